The Hall–Kier alpha value is -2.70. The van der Waals surface area contributed by atoms with Crippen molar-refractivity contribution in [2.75, 3.05) is 6.79 Å². The number of fused-ring (bicyclic) bond motifs is 1. The van der Waals surface area contributed by atoms with Crippen LogP contribution in [-0.4, -0.2) is 17.9 Å². The van der Waals surface area contributed by atoms with E-state index in [0.29, 0.717) is 38.2 Å². The average Bonchev–Trinajstić information content (AvgIpc) is 3.33. The Balaban J connectivity index is 1.67. The number of carbonyl (C=O) groups is 1. The maximum atomic E-state index is 13.0. The summed E-state index contributed by atoms with van der Waals surface area (Å²) in [6.07, 6.45) is 0.205. The van der Waals surface area contributed by atoms with Crippen molar-refractivity contribution in [3.63, 3.8) is 0 Å². The molecule has 0 bridgehead atoms. The third-order valence-electron chi connectivity index (χ3n) is 5.42. The lowest BCUT2D eigenvalue weighted by atomic mass is 9.88. The highest BCUT2D eigenvalue weighted by molar-refractivity contribution is 6.42. The Labute approximate surface area is 198 Å². The van der Waals surface area contributed by atoms with E-state index in [1.807, 2.05) is 12.1 Å². The average molecular weight is 490 g/mol. The molecule has 2 heterocycles. The molecule has 0 radical (unpaired) electrons. The van der Waals surface area contributed by atoms with Crippen molar-refractivity contribution in [2.45, 2.75) is 12.2 Å². The minimum Gasteiger partial charge on any atom is -0.454 e. The molecule has 0 saturated heterocycles. The van der Waals surface area contributed by atoms with Gasteiger partial charge in [0, 0.05) is 22.6 Å². The molecular weight excluding hydrogens is 475 g/mol. The van der Waals surface area contributed by atoms with Gasteiger partial charge in [-0.05, 0) is 47.5 Å². The lowest BCUT2D eigenvalue weighted by Crippen LogP contribution is -2.29. The fourth-order valence-electron chi connectivity index (χ4n) is 3.86. The summed E-state index contributed by atoms with van der Waals surface area (Å²) >= 11 is 18.3. The molecule has 3 aromatic rings. The molecule has 3 aromatic carbocycles. The number of aliphatic hydroxyl groups is 1. The Morgan fingerprint density at radius 1 is 0.875 bits per heavy atom. The van der Waals surface area contributed by atoms with Crippen molar-refractivity contribution in [2.24, 2.45) is 0 Å². The molecule has 0 spiro atoms. The van der Waals surface area contributed by atoms with E-state index in [4.69, 9.17) is 49.0 Å². The number of carbonyl (C=O) groups excluding carboxylic acids is 1. The van der Waals surface area contributed by atoms with Gasteiger partial charge in [-0.15, -0.1) is 0 Å². The van der Waals surface area contributed by atoms with Crippen LogP contribution in [0, 0.1) is 0 Å². The predicted octanol–water partition coefficient (Wildman–Crippen LogP) is 5.77. The molecule has 2 aliphatic heterocycles. The summed E-state index contributed by atoms with van der Waals surface area (Å²) < 4.78 is 16.4. The number of hydrogen-bond donors (Lipinski definition) is 1. The summed E-state index contributed by atoms with van der Waals surface area (Å²) in [5.74, 6) is -1.42. The summed E-state index contributed by atoms with van der Waals surface area (Å²) in [6, 6.07) is 16.8. The Kier molecular flexibility index (Phi) is 5.30. The fourth-order valence-corrected chi connectivity index (χ4v) is 4.28. The van der Waals surface area contributed by atoms with Crippen molar-refractivity contribution in [3.8, 4) is 11.5 Å². The van der Waals surface area contributed by atoms with E-state index < -0.39 is 11.8 Å². The Morgan fingerprint density at radius 2 is 1.62 bits per heavy atom. The first-order valence-electron chi connectivity index (χ1n) is 9.64. The minimum absolute atomic E-state index is 0.145. The molecule has 32 heavy (non-hydrogen) atoms. The van der Waals surface area contributed by atoms with Crippen LogP contribution >= 0.6 is 34.8 Å². The highest BCUT2D eigenvalue weighted by atomic mass is 35.5. The molecule has 0 amide bonds. The zero-order chi connectivity index (χ0) is 22.5. The molecule has 0 aliphatic carbocycles. The maximum Gasteiger partial charge on any atom is 0.342 e. The van der Waals surface area contributed by atoms with Crippen LogP contribution in [0.4, 0.5) is 0 Å². The molecule has 0 saturated carbocycles. The molecule has 5 rings (SSSR count). The van der Waals surface area contributed by atoms with Crippen LogP contribution in [0.5, 0.6) is 11.5 Å². The van der Waals surface area contributed by atoms with Crippen LogP contribution in [0.25, 0.3) is 5.57 Å². The van der Waals surface area contributed by atoms with Gasteiger partial charge in [0.1, 0.15) is 0 Å². The summed E-state index contributed by atoms with van der Waals surface area (Å²) in [5, 5.41) is 12.8. The normalized spacial score (nSPS) is 19.4. The monoisotopic (exact) mass is 488 g/mol. The van der Waals surface area contributed by atoms with E-state index in [2.05, 4.69) is 0 Å². The second-order valence-corrected chi connectivity index (χ2v) is 8.64. The summed E-state index contributed by atoms with van der Waals surface area (Å²) in [5.41, 5.74) is 2.25. The zero-order valence-corrected chi connectivity index (χ0v) is 18.7. The zero-order valence-electron chi connectivity index (χ0n) is 16.4. The van der Waals surface area contributed by atoms with Crippen molar-refractivity contribution < 1.29 is 24.1 Å². The number of hydrogen-bond acceptors (Lipinski definition) is 5. The van der Waals surface area contributed by atoms with Crippen molar-refractivity contribution >= 4 is 46.3 Å². The van der Waals surface area contributed by atoms with Gasteiger partial charge in [-0.2, -0.15) is 0 Å². The minimum atomic E-state index is -1.99. The van der Waals surface area contributed by atoms with Gasteiger partial charge in [0.25, 0.3) is 5.79 Å². The van der Waals surface area contributed by atoms with Gasteiger partial charge in [0.05, 0.1) is 15.6 Å². The van der Waals surface area contributed by atoms with E-state index in [-0.39, 0.29) is 23.8 Å². The standard InChI is InChI=1S/C24H15Cl3O5/c25-16-5-3-15(4-6-16)24(29)17(9-13-1-8-20-21(10-13)31-12-30-20)22(23(28)32-24)14-2-7-18(26)19(27)11-14/h1-8,10-11,29H,9,12H2. The fraction of sp³-hybridized carbons (Fsp3) is 0.125. The number of halogens is 3. The maximum absolute atomic E-state index is 13.0. The number of rotatable bonds is 4. The molecule has 2 aliphatic rings. The van der Waals surface area contributed by atoms with Crippen LogP contribution < -0.4 is 9.47 Å². The highest BCUT2D eigenvalue weighted by Gasteiger charge is 2.48. The molecule has 1 atom stereocenters. The number of benzene rings is 3. The van der Waals surface area contributed by atoms with Crippen LogP contribution in [0.15, 0.2) is 66.2 Å². The second kappa shape index (κ2) is 8.01. The largest absolute Gasteiger partial charge is 0.454 e. The van der Waals surface area contributed by atoms with E-state index >= 15 is 0 Å². The first-order chi connectivity index (χ1) is 15.3. The van der Waals surface area contributed by atoms with Gasteiger partial charge in [0.15, 0.2) is 11.5 Å². The summed E-state index contributed by atoms with van der Waals surface area (Å²) in [6.45, 7) is 0.145. The van der Waals surface area contributed by atoms with E-state index in [1.54, 1.807) is 48.5 Å². The summed E-state index contributed by atoms with van der Waals surface area (Å²) in [4.78, 5) is 13.0. The molecule has 0 aromatic heterocycles. The van der Waals surface area contributed by atoms with E-state index in [0.717, 1.165) is 5.56 Å². The Morgan fingerprint density at radius 3 is 2.38 bits per heavy atom. The van der Waals surface area contributed by atoms with Gasteiger partial charge in [-0.1, -0.05) is 59.1 Å². The molecule has 8 heteroatoms. The van der Waals surface area contributed by atoms with Crippen molar-refractivity contribution in [1.29, 1.82) is 0 Å². The molecular formula is C24H15Cl3O5. The Bertz CT molecular complexity index is 1270. The molecule has 1 N–H and O–H groups in total. The molecule has 5 nitrogen and oxygen atoms in total. The van der Waals surface area contributed by atoms with Crippen LogP contribution in [0.3, 0.4) is 0 Å². The van der Waals surface area contributed by atoms with E-state index in [9.17, 15) is 9.90 Å². The summed E-state index contributed by atoms with van der Waals surface area (Å²) in [7, 11) is 0. The first kappa shape index (κ1) is 21.2. The quantitative estimate of drug-likeness (QED) is 0.471. The third kappa shape index (κ3) is 3.61. The van der Waals surface area contributed by atoms with Crippen LogP contribution in [0.2, 0.25) is 15.1 Å². The lowest BCUT2D eigenvalue weighted by Gasteiger charge is -2.25. The first-order valence-corrected chi connectivity index (χ1v) is 10.8. The van der Waals surface area contributed by atoms with Gasteiger partial charge >= 0.3 is 5.97 Å². The van der Waals surface area contributed by atoms with Crippen molar-refractivity contribution in [3.05, 3.63) is 98.0 Å². The van der Waals surface area contributed by atoms with Gasteiger partial charge in [-0.3, -0.25) is 0 Å². The topological polar surface area (TPSA) is 65.0 Å². The van der Waals surface area contributed by atoms with Gasteiger partial charge in [-0.25, -0.2) is 4.79 Å². The van der Waals surface area contributed by atoms with Crippen LogP contribution in [0.1, 0.15) is 16.7 Å². The number of esters is 1. The van der Waals surface area contributed by atoms with E-state index in [1.165, 1.54) is 0 Å². The molecule has 1 unspecified atom stereocenters. The smallest absolute Gasteiger partial charge is 0.342 e. The SMILES string of the molecule is O=C1OC(O)(c2ccc(Cl)cc2)C(Cc2ccc3c(c2)OCO3)=C1c1ccc(Cl)c(Cl)c1. The number of ether oxygens (including phenoxy) is 3. The second-order valence-electron chi connectivity index (χ2n) is 7.39. The number of cyclic esters (lactones) is 1. The molecule has 0 fully saturated rings. The molecule has 162 valence electrons. The predicted molar refractivity (Wildman–Crippen MR) is 121 cm³/mol. The van der Waals surface area contributed by atoms with Crippen molar-refractivity contribution in [1.82, 2.24) is 0 Å². The van der Waals surface area contributed by atoms with Crippen LogP contribution in [-0.2, 0) is 21.7 Å². The third-order valence-corrected chi connectivity index (χ3v) is 6.41. The lowest BCUT2D eigenvalue weighted by molar-refractivity contribution is -0.185. The highest BCUT2D eigenvalue weighted by Crippen LogP contribution is 2.46. The van der Waals surface area contributed by atoms with Gasteiger partial charge < -0.3 is 19.3 Å². The van der Waals surface area contributed by atoms with Gasteiger partial charge in [0.2, 0.25) is 6.79 Å².